The van der Waals surface area contributed by atoms with Crippen molar-refractivity contribution >= 4 is 22.9 Å². The van der Waals surface area contributed by atoms with Crippen LogP contribution >= 0.6 is 11.3 Å². The summed E-state index contributed by atoms with van der Waals surface area (Å²) in [6.45, 7) is 4.79. The first-order valence-electron chi connectivity index (χ1n) is 8.16. The molecule has 25 heavy (non-hydrogen) atoms. The first-order valence-corrected chi connectivity index (χ1v) is 9.04. The predicted molar refractivity (Wildman–Crippen MR) is 96.7 cm³/mol. The van der Waals surface area contributed by atoms with Gasteiger partial charge in [-0.2, -0.15) is 0 Å². The number of piperidine rings is 1. The summed E-state index contributed by atoms with van der Waals surface area (Å²) >= 11 is 1.35. The maximum absolute atomic E-state index is 12.3. The summed E-state index contributed by atoms with van der Waals surface area (Å²) in [5.41, 5.74) is 1.31. The van der Waals surface area contributed by atoms with E-state index >= 15 is 0 Å². The van der Waals surface area contributed by atoms with Crippen LogP contribution in [0.25, 0.3) is 10.6 Å². The molecule has 8 heteroatoms. The Kier molecular flexibility index (Phi) is 5.10. The van der Waals surface area contributed by atoms with Crippen LogP contribution in [0.3, 0.4) is 0 Å². The van der Waals surface area contributed by atoms with Gasteiger partial charge in [-0.1, -0.05) is 6.92 Å². The summed E-state index contributed by atoms with van der Waals surface area (Å²) < 4.78 is 0. The fraction of sp³-hybridized carbons (Fsp3) is 0.412. The predicted octanol–water partition coefficient (Wildman–Crippen LogP) is 2.84. The highest BCUT2D eigenvalue weighted by atomic mass is 32.1. The molecule has 2 heterocycles. The number of nitro benzene ring substituents is 1. The standard InChI is InChI=1S/C17H20N4O3S/c1-17(6-8-18-9-7-17)11-19-15(22)14-10-25-16(20-14)12-2-4-13(5-3-12)21(23)24/h2-5,10,18H,6-9,11H2,1H3,(H,19,22). The van der Waals surface area contributed by atoms with Crippen LogP contribution in [0.4, 0.5) is 5.69 Å². The number of carbonyl (C=O) groups excluding carboxylic acids is 1. The monoisotopic (exact) mass is 360 g/mol. The maximum atomic E-state index is 12.3. The largest absolute Gasteiger partial charge is 0.350 e. The molecule has 7 nitrogen and oxygen atoms in total. The molecular weight excluding hydrogens is 340 g/mol. The number of amides is 1. The zero-order valence-electron chi connectivity index (χ0n) is 13.9. The lowest BCUT2D eigenvalue weighted by Gasteiger charge is -2.34. The zero-order chi connectivity index (χ0) is 17.9. The van der Waals surface area contributed by atoms with Gasteiger partial charge in [-0.15, -0.1) is 11.3 Å². The number of carbonyl (C=O) groups is 1. The van der Waals surface area contributed by atoms with Gasteiger partial charge in [-0.3, -0.25) is 14.9 Å². The number of non-ortho nitro benzene ring substituents is 1. The quantitative estimate of drug-likeness (QED) is 0.631. The Labute approximate surface area is 149 Å². The molecule has 0 radical (unpaired) electrons. The number of thiazole rings is 1. The molecule has 2 N–H and O–H groups in total. The van der Waals surface area contributed by atoms with E-state index in [9.17, 15) is 14.9 Å². The molecule has 0 aliphatic carbocycles. The summed E-state index contributed by atoms with van der Waals surface area (Å²) in [5.74, 6) is -0.177. The lowest BCUT2D eigenvalue weighted by molar-refractivity contribution is -0.384. The third-order valence-corrected chi connectivity index (χ3v) is 5.44. The second kappa shape index (κ2) is 7.28. The molecule has 1 fully saturated rings. The Bertz CT molecular complexity index is 766. The van der Waals surface area contributed by atoms with Gasteiger partial charge in [-0.05, 0) is 43.5 Å². The normalized spacial score (nSPS) is 16.4. The fourth-order valence-corrected chi connectivity index (χ4v) is 3.63. The Morgan fingerprint density at radius 3 is 2.68 bits per heavy atom. The Morgan fingerprint density at radius 2 is 2.04 bits per heavy atom. The molecule has 1 aliphatic heterocycles. The van der Waals surface area contributed by atoms with Crippen molar-refractivity contribution in [3.05, 3.63) is 45.5 Å². The number of nitro groups is 1. The van der Waals surface area contributed by atoms with Crippen molar-refractivity contribution in [2.75, 3.05) is 19.6 Å². The van der Waals surface area contributed by atoms with Crippen LogP contribution in [0.2, 0.25) is 0 Å². The van der Waals surface area contributed by atoms with Crippen LogP contribution in [-0.4, -0.2) is 35.4 Å². The van der Waals surface area contributed by atoms with Gasteiger partial charge in [0.05, 0.1) is 4.92 Å². The van der Waals surface area contributed by atoms with E-state index in [-0.39, 0.29) is 17.0 Å². The molecule has 0 unspecified atom stereocenters. The third kappa shape index (κ3) is 4.21. The molecule has 0 atom stereocenters. The van der Waals surface area contributed by atoms with Crippen molar-refractivity contribution in [2.24, 2.45) is 5.41 Å². The molecule has 1 aromatic heterocycles. The number of rotatable bonds is 5. The second-order valence-corrected chi connectivity index (χ2v) is 7.44. The summed E-state index contributed by atoms with van der Waals surface area (Å²) in [6.07, 6.45) is 2.08. The minimum absolute atomic E-state index is 0.0356. The molecule has 0 spiro atoms. The van der Waals surface area contributed by atoms with Crippen LogP contribution in [0.15, 0.2) is 29.6 Å². The first kappa shape index (κ1) is 17.5. The number of hydrogen-bond donors (Lipinski definition) is 2. The minimum atomic E-state index is -0.439. The van der Waals surface area contributed by atoms with Crippen LogP contribution in [-0.2, 0) is 0 Å². The highest BCUT2D eigenvalue weighted by Gasteiger charge is 2.27. The van der Waals surface area contributed by atoms with Crippen molar-refractivity contribution < 1.29 is 9.72 Å². The summed E-state index contributed by atoms with van der Waals surface area (Å²) in [7, 11) is 0. The molecular formula is C17H20N4O3S. The molecule has 132 valence electrons. The molecule has 1 aliphatic rings. The van der Waals surface area contributed by atoms with Crippen molar-refractivity contribution in [1.82, 2.24) is 15.6 Å². The van der Waals surface area contributed by atoms with Gasteiger partial charge in [0.15, 0.2) is 0 Å². The molecule has 3 rings (SSSR count). The van der Waals surface area contributed by atoms with E-state index in [1.807, 2.05) is 0 Å². The van der Waals surface area contributed by atoms with Crippen molar-refractivity contribution in [3.63, 3.8) is 0 Å². The smallest absolute Gasteiger partial charge is 0.270 e. The van der Waals surface area contributed by atoms with Crippen LogP contribution < -0.4 is 10.6 Å². The lowest BCUT2D eigenvalue weighted by Crippen LogP contribution is -2.42. The molecule has 0 saturated carbocycles. The van der Waals surface area contributed by atoms with E-state index in [0.717, 1.165) is 31.5 Å². The van der Waals surface area contributed by atoms with Gasteiger partial charge in [0.1, 0.15) is 10.7 Å². The molecule has 1 aromatic carbocycles. The van der Waals surface area contributed by atoms with E-state index in [0.29, 0.717) is 17.2 Å². The minimum Gasteiger partial charge on any atom is -0.350 e. The number of benzene rings is 1. The number of aromatic nitrogens is 1. The van der Waals surface area contributed by atoms with Gasteiger partial charge in [-0.25, -0.2) is 4.98 Å². The van der Waals surface area contributed by atoms with Crippen molar-refractivity contribution in [3.8, 4) is 10.6 Å². The Hall–Kier alpha value is -2.32. The second-order valence-electron chi connectivity index (χ2n) is 6.59. The van der Waals surface area contributed by atoms with Gasteiger partial charge in [0, 0.05) is 29.6 Å². The van der Waals surface area contributed by atoms with Gasteiger partial charge in [0.25, 0.3) is 11.6 Å². The van der Waals surface area contributed by atoms with Gasteiger partial charge in [0.2, 0.25) is 0 Å². The van der Waals surface area contributed by atoms with E-state index in [4.69, 9.17) is 0 Å². The van der Waals surface area contributed by atoms with E-state index in [1.54, 1.807) is 17.5 Å². The van der Waals surface area contributed by atoms with Gasteiger partial charge < -0.3 is 10.6 Å². The topological polar surface area (TPSA) is 97.2 Å². The average Bonchev–Trinajstić information content (AvgIpc) is 3.11. The number of hydrogen-bond acceptors (Lipinski definition) is 6. The van der Waals surface area contributed by atoms with Crippen molar-refractivity contribution in [1.29, 1.82) is 0 Å². The van der Waals surface area contributed by atoms with E-state index < -0.39 is 4.92 Å². The Morgan fingerprint density at radius 1 is 1.36 bits per heavy atom. The van der Waals surface area contributed by atoms with Crippen LogP contribution in [0, 0.1) is 15.5 Å². The number of nitrogens with zero attached hydrogens (tertiary/aromatic N) is 2. The fourth-order valence-electron chi connectivity index (χ4n) is 2.83. The van der Waals surface area contributed by atoms with Crippen LogP contribution in [0.5, 0.6) is 0 Å². The molecule has 1 saturated heterocycles. The van der Waals surface area contributed by atoms with Gasteiger partial charge >= 0.3 is 0 Å². The summed E-state index contributed by atoms with van der Waals surface area (Å²) in [4.78, 5) is 27.0. The maximum Gasteiger partial charge on any atom is 0.270 e. The summed E-state index contributed by atoms with van der Waals surface area (Å²) in [6, 6.07) is 6.17. The van der Waals surface area contributed by atoms with Crippen LogP contribution in [0.1, 0.15) is 30.3 Å². The zero-order valence-corrected chi connectivity index (χ0v) is 14.8. The summed E-state index contributed by atoms with van der Waals surface area (Å²) in [5, 5.41) is 19.4. The highest BCUT2D eigenvalue weighted by molar-refractivity contribution is 7.13. The molecule has 2 aromatic rings. The SMILES string of the molecule is CC1(CNC(=O)c2csc(-c3ccc([N+](=O)[O-])cc3)n2)CCNCC1. The third-order valence-electron chi connectivity index (χ3n) is 4.55. The average molecular weight is 360 g/mol. The first-order chi connectivity index (χ1) is 12.0. The lowest BCUT2D eigenvalue weighted by atomic mass is 9.81. The highest BCUT2D eigenvalue weighted by Crippen LogP contribution is 2.28. The number of nitrogens with one attached hydrogen (secondary N) is 2. The van der Waals surface area contributed by atoms with Crippen molar-refractivity contribution in [2.45, 2.75) is 19.8 Å². The molecule has 0 bridgehead atoms. The Balaban J connectivity index is 1.64. The molecule has 1 amide bonds. The van der Waals surface area contributed by atoms with E-state index in [1.165, 1.54) is 23.5 Å². The van der Waals surface area contributed by atoms with E-state index in [2.05, 4.69) is 22.5 Å².